The van der Waals surface area contributed by atoms with Crippen molar-refractivity contribution >= 4 is 12.2 Å². The van der Waals surface area contributed by atoms with Crippen LogP contribution >= 0.6 is 12.2 Å². The van der Waals surface area contributed by atoms with Crippen LogP contribution in [0.3, 0.4) is 0 Å². The van der Waals surface area contributed by atoms with E-state index in [1.807, 2.05) is 4.57 Å². The quantitative estimate of drug-likeness (QED) is 0.863. The Labute approximate surface area is 112 Å². The summed E-state index contributed by atoms with van der Waals surface area (Å²) in [5, 5.41) is 7.21. The molecule has 0 aliphatic heterocycles. The molecular weight excluding hydrogens is 246 g/mol. The Bertz CT molecular complexity index is 580. The van der Waals surface area contributed by atoms with Gasteiger partial charge in [0.25, 0.3) is 0 Å². The molecule has 0 bridgehead atoms. The molecule has 18 heavy (non-hydrogen) atoms. The first-order valence-corrected chi connectivity index (χ1v) is 6.26. The van der Waals surface area contributed by atoms with E-state index in [1.54, 1.807) is 7.11 Å². The number of rotatable bonds is 4. The van der Waals surface area contributed by atoms with Crippen molar-refractivity contribution in [1.82, 2.24) is 14.8 Å². The van der Waals surface area contributed by atoms with Crippen molar-refractivity contribution in [3.05, 3.63) is 34.1 Å². The van der Waals surface area contributed by atoms with E-state index in [0.29, 0.717) is 17.9 Å². The highest BCUT2D eigenvalue weighted by molar-refractivity contribution is 7.71. The van der Waals surface area contributed by atoms with Gasteiger partial charge in [0.15, 0.2) is 10.6 Å². The van der Waals surface area contributed by atoms with Crippen LogP contribution in [0.4, 0.5) is 0 Å². The molecule has 0 aliphatic carbocycles. The molecule has 0 saturated heterocycles. The normalized spacial score (nSPS) is 10.8. The third kappa shape index (κ3) is 2.37. The molecule has 2 aromatic rings. The molecule has 0 spiro atoms. The maximum Gasteiger partial charge on any atom is 0.195 e. The largest absolute Gasteiger partial charge is 0.383 e. The lowest BCUT2D eigenvalue weighted by molar-refractivity contribution is 0.187. The van der Waals surface area contributed by atoms with Gasteiger partial charge in [-0.15, -0.1) is 0 Å². The standard InChI is InChI=1S/C13H17N3OS/c1-9-5-4-6-10(2)11(9)12-14-15-13(18)16(12)7-8-17-3/h4-6H,7-8H2,1-3H3,(H,15,18). The van der Waals surface area contributed by atoms with Gasteiger partial charge in [-0.1, -0.05) is 18.2 Å². The van der Waals surface area contributed by atoms with Crippen molar-refractivity contribution in [2.45, 2.75) is 20.4 Å². The van der Waals surface area contributed by atoms with E-state index in [2.05, 4.69) is 42.2 Å². The highest BCUT2D eigenvalue weighted by atomic mass is 32.1. The second-order valence-electron chi connectivity index (χ2n) is 4.26. The first kappa shape index (κ1) is 13.0. The summed E-state index contributed by atoms with van der Waals surface area (Å²) in [5.74, 6) is 0.882. The SMILES string of the molecule is COCCn1c(-c2c(C)cccc2C)n[nH]c1=S. The van der Waals surface area contributed by atoms with Crippen LogP contribution in [-0.2, 0) is 11.3 Å². The van der Waals surface area contributed by atoms with Gasteiger partial charge in [0, 0.05) is 12.7 Å². The molecule has 2 rings (SSSR count). The average Bonchev–Trinajstić information content (AvgIpc) is 2.68. The van der Waals surface area contributed by atoms with Gasteiger partial charge in [-0.2, -0.15) is 5.10 Å². The fourth-order valence-electron chi connectivity index (χ4n) is 2.07. The number of aromatic nitrogens is 3. The molecule has 0 unspecified atom stereocenters. The number of hydrogen-bond donors (Lipinski definition) is 1. The zero-order valence-corrected chi connectivity index (χ0v) is 11.7. The van der Waals surface area contributed by atoms with Gasteiger partial charge in [-0.05, 0) is 37.2 Å². The molecule has 1 aromatic heterocycles. The third-order valence-corrected chi connectivity index (χ3v) is 3.29. The Morgan fingerprint density at radius 3 is 2.61 bits per heavy atom. The topological polar surface area (TPSA) is 42.8 Å². The van der Waals surface area contributed by atoms with Gasteiger partial charge in [-0.3, -0.25) is 9.67 Å². The number of aryl methyl sites for hydroxylation is 2. The maximum atomic E-state index is 5.26. The predicted molar refractivity (Wildman–Crippen MR) is 74.2 cm³/mol. The molecule has 5 heteroatoms. The number of hydrogen-bond acceptors (Lipinski definition) is 3. The van der Waals surface area contributed by atoms with Crippen LogP contribution in [0.5, 0.6) is 0 Å². The molecule has 1 aromatic carbocycles. The highest BCUT2D eigenvalue weighted by Gasteiger charge is 2.13. The minimum absolute atomic E-state index is 0.617. The Balaban J connectivity index is 2.54. The molecule has 4 nitrogen and oxygen atoms in total. The Kier molecular flexibility index (Phi) is 3.93. The molecule has 0 aliphatic rings. The van der Waals surface area contributed by atoms with E-state index in [0.717, 1.165) is 11.4 Å². The average molecular weight is 263 g/mol. The second-order valence-corrected chi connectivity index (χ2v) is 4.65. The maximum absolute atomic E-state index is 5.26. The van der Waals surface area contributed by atoms with Crippen molar-refractivity contribution in [3.63, 3.8) is 0 Å². The number of aromatic amines is 1. The lowest BCUT2D eigenvalue weighted by atomic mass is 10.0. The Morgan fingerprint density at radius 1 is 1.33 bits per heavy atom. The van der Waals surface area contributed by atoms with E-state index in [-0.39, 0.29) is 0 Å². The molecule has 96 valence electrons. The highest BCUT2D eigenvalue weighted by Crippen LogP contribution is 2.25. The first-order valence-electron chi connectivity index (χ1n) is 5.86. The molecule has 0 saturated carbocycles. The van der Waals surface area contributed by atoms with Gasteiger partial charge in [-0.25, -0.2) is 0 Å². The molecule has 0 atom stereocenters. The van der Waals surface area contributed by atoms with Crippen LogP contribution in [0.15, 0.2) is 18.2 Å². The van der Waals surface area contributed by atoms with Crippen LogP contribution in [0, 0.1) is 18.6 Å². The van der Waals surface area contributed by atoms with Crippen LogP contribution in [0.1, 0.15) is 11.1 Å². The summed E-state index contributed by atoms with van der Waals surface area (Å²) < 4.78 is 7.72. The van der Waals surface area contributed by atoms with E-state index in [1.165, 1.54) is 11.1 Å². The van der Waals surface area contributed by atoms with Gasteiger partial charge in [0.1, 0.15) is 0 Å². The van der Waals surface area contributed by atoms with E-state index in [4.69, 9.17) is 17.0 Å². The fourth-order valence-corrected chi connectivity index (χ4v) is 2.29. The second kappa shape index (κ2) is 5.46. The minimum Gasteiger partial charge on any atom is -0.383 e. The van der Waals surface area contributed by atoms with Gasteiger partial charge in [0.2, 0.25) is 0 Å². The number of nitrogens with zero attached hydrogens (tertiary/aromatic N) is 2. The van der Waals surface area contributed by atoms with Crippen LogP contribution in [-0.4, -0.2) is 28.5 Å². The van der Waals surface area contributed by atoms with Crippen LogP contribution in [0.25, 0.3) is 11.4 Å². The van der Waals surface area contributed by atoms with E-state index >= 15 is 0 Å². The summed E-state index contributed by atoms with van der Waals surface area (Å²) in [6, 6.07) is 6.22. The zero-order valence-electron chi connectivity index (χ0n) is 10.9. The minimum atomic E-state index is 0.617. The summed E-state index contributed by atoms with van der Waals surface area (Å²) in [6.45, 7) is 5.49. The molecule has 0 amide bonds. The van der Waals surface area contributed by atoms with E-state index < -0.39 is 0 Å². The Morgan fingerprint density at radius 2 is 2.00 bits per heavy atom. The number of benzene rings is 1. The number of ether oxygens (including phenoxy) is 1. The smallest absolute Gasteiger partial charge is 0.195 e. The zero-order chi connectivity index (χ0) is 13.1. The lowest BCUT2D eigenvalue weighted by Crippen LogP contribution is -2.07. The number of nitrogens with one attached hydrogen (secondary N) is 1. The van der Waals surface area contributed by atoms with Gasteiger partial charge in [0.05, 0.1) is 13.2 Å². The van der Waals surface area contributed by atoms with E-state index in [9.17, 15) is 0 Å². The van der Waals surface area contributed by atoms with Crippen molar-refractivity contribution in [3.8, 4) is 11.4 Å². The lowest BCUT2D eigenvalue weighted by Gasteiger charge is -2.11. The van der Waals surface area contributed by atoms with Crippen molar-refractivity contribution in [2.24, 2.45) is 0 Å². The van der Waals surface area contributed by atoms with Gasteiger partial charge < -0.3 is 4.74 Å². The van der Waals surface area contributed by atoms with Crippen molar-refractivity contribution in [1.29, 1.82) is 0 Å². The summed E-state index contributed by atoms with van der Waals surface area (Å²) in [6.07, 6.45) is 0. The molecule has 1 heterocycles. The molecule has 0 radical (unpaired) electrons. The summed E-state index contributed by atoms with van der Waals surface area (Å²) in [4.78, 5) is 0. The van der Waals surface area contributed by atoms with Gasteiger partial charge >= 0.3 is 0 Å². The molecule has 0 fully saturated rings. The summed E-state index contributed by atoms with van der Waals surface area (Å²) in [5.41, 5.74) is 3.53. The predicted octanol–water partition coefficient (Wildman–Crippen LogP) is 2.87. The van der Waals surface area contributed by atoms with Crippen molar-refractivity contribution < 1.29 is 4.74 Å². The first-order chi connectivity index (χ1) is 8.65. The fraction of sp³-hybridized carbons (Fsp3) is 0.385. The Hall–Kier alpha value is -1.46. The monoisotopic (exact) mass is 263 g/mol. The number of methoxy groups -OCH3 is 1. The van der Waals surface area contributed by atoms with Crippen LogP contribution in [0.2, 0.25) is 0 Å². The van der Waals surface area contributed by atoms with Crippen molar-refractivity contribution in [2.75, 3.05) is 13.7 Å². The third-order valence-electron chi connectivity index (χ3n) is 2.98. The summed E-state index contributed by atoms with van der Waals surface area (Å²) in [7, 11) is 1.68. The van der Waals surface area contributed by atoms with Crippen LogP contribution < -0.4 is 0 Å². The summed E-state index contributed by atoms with van der Waals surface area (Å²) >= 11 is 5.26. The number of H-pyrrole nitrogens is 1. The molecular formula is C13H17N3OS. The molecule has 1 N–H and O–H groups in total.